The zero-order valence-electron chi connectivity index (χ0n) is 7.68. The zero-order chi connectivity index (χ0) is 10.7. The summed E-state index contributed by atoms with van der Waals surface area (Å²) in [5.74, 6) is 0.829. The Labute approximate surface area is 105 Å². The highest BCUT2D eigenvalue weighted by Gasteiger charge is 2.02. The molecule has 0 atom stereocenters. The molecule has 0 aliphatic heterocycles. The molecule has 0 saturated heterocycles. The number of benzene rings is 1. The first-order valence-electron chi connectivity index (χ1n) is 4.20. The summed E-state index contributed by atoms with van der Waals surface area (Å²) >= 11 is 3.58. The Kier molecular flexibility index (Phi) is 3.37. The first kappa shape index (κ1) is 10.6. The molecule has 0 spiro atoms. The van der Waals surface area contributed by atoms with E-state index in [0.717, 1.165) is 14.3 Å². The fourth-order valence-corrected chi connectivity index (χ4v) is 2.06. The maximum Gasteiger partial charge on any atom is 0.203 e. The molecule has 15 heavy (non-hydrogen) atoms. The molecule has 2 rings (SSSR count). The Morgan fingerprint density at radius 3 is 2.93 bits per heavy atom. The Hall–Kier alpha value is -0.890. The predicted molar refractivity (Wildman–Crippen MR) is 67.8 cm³/mol. The third-order valence-corrected chi connectivity index (χ3v) is 3.04. The summed E-state index contributed by atoms with van der Waals surface area (Å²) in [6.07, 6.45) is 0. The average Bonchev–Trinajstić information content (AvgIpc) is 2.62. The van der Waals surface area contributed by atoms with Gasteiger partial charge in [-0.2, -0.15) is 0 Å². The normalized spacial score (nSPS) is 10.2. The highest BCUT2D eigenvalue weighted by Crippen LogP contribution is 2.18. The number of nitrogen functional groups attached to an aromatic ring is 1. The molecule has 1 aromatic carbocycles. The maximum atomic E-state index is 5.53. The van der Waals surface area contributed by atoms with Crippen LogP contribution in [-0.4, -0.2) is 10.2 Å². The first-order chi connectivity index (χ1) is 7.24. The Morgan fingerprint density at radius 1 is 1.40 bits per heavy atom. The van der Waals surface area contributed by atoms with Crippen molar-refractivity contribution < 1.29 is 4.74 Å². The molecule has 0 aliphatic carbocycles. The molecular formula is C9H8IN3OS. The first-order valence-corrected chi connectivity index (χ1v) is 6.10. The second-order valence-electron chi connectivity index (χ2n) is 2.78. The quantitative estimate of drug-likeness (QED) is 0.876. The Bertz CT molecular complexity index is 460. The lowest BCUT2D eigenvalue weighted by molar-refractivity contribution is 0.304. The van der Waals surface area contributed by atoms with Crippen molar-refractivity contribution in [3.05, 3.63) is 32.8 Å². The van der Waals surface area contributed by atoms with E-state index < -0.39 is 0 Å². The molecule has 0 unspecified atom stereocenters. The number of ether oxygens (including phenoxy) is 1. The molecule has 78 valence electrons. The summed E-state index contributed by atoms with van der Waals surface area (Å²) in [7, 11) is 0. The van der Waals surface area contributed by atoms with E-state index >= 15 is 0 Å². The van der Waals surface area contributed by atoms with Crippen molar-refractivity contribution >= 4 is 39.1 Å². The molecule has 0 amide bonds. The molecular weight excluding hydrogens is 325 g/mol. The summed E-state index contributed by atoms with van der Waals surface area (Å²) in [4.78, 5) is 0. The largest absolute Gasteiger partial charge is 0.486 e. The molecule has 4 nitrogen and oxygen atoms in total. The van der Waals surface area contributed by atoms with Crippen molar-refractivity contribution in [1.82, 2.24) is 10.2 Å². The topological polar surface area (TPSA) is 61.0 Å². The molecule has 0 bridgehead atoms. The third kappa shape index (κ3) is 3.03. The standard InChI is InChI=1S/C9H8IN3OS/c10-6-2-1-3-7(4-6)14-5-8-12-13-9(11)15-8/h1-4H,5H2,(H2,11,13). The lowest BCUT2D eigenvalue weighted by atomic mass is 10.3. The third-order valence-electron chi connectivity index (χ3n) is 1.64. The average molecular weight is 333 g/mol. The smallest absolute Gasteiger partial charge is 0.203 e. The van der Waals surface area contributed by atoms with Gasteiger partial charge in [0.2, 0.25) is 5.13 Å². The minimum absolute atomic E-state index is 0.412. The number of nitrogens with two attached hydrogens (primary N) is 1. The minimum Gasteiger partial charge on any atom is -0.486 e. The second kappa shape index (κ2) is 4.75. The number of hydrogen-bond acceptors (Lipinski definition) is 5. The van der Waals surface area contributed by atoms with Crippen LogP contribution >= 0.6 is 33.9 Å². The van der Waals surface area contributed by atoms with Crippen molar-refractivity contribution in [3.8, 4) is 5.75 Å². The fourth-order valence-electron chi connectivity index (χ4n) is 1.03. The molecule has 1 heterocycles. The van der Waals surface area contributed by atoms with Crippen LogP contribution < -0.4 is 10.5 Å². The monoisotopic (exact) mass is 333 g/mol. The van der Waals surface area contributed by atoms with Crippen LogP contribution in [-0.2, 0) is 6.61 Å². The van der Waals surface area contributed by atoms with E-state index in [1.807, 2.05) is 24.3 Å². The van der Waals surface area contributed by atoms with Gasteiger partial charge in [0.05, 0.1) is 0 Å². The van der Waals surface area contributed by atoms with Crippen LogP contribution in [0.15, 0.2) is 24.3 Å². The molecule has 0 radical (unpaired) electrons. The number of aromatic nitrogens is 2. The van der Waals surface area contributed by atoms with Gasteiger partial charge in [0, 0.05) is 3.57 Å². The predicted octanol–water partition coefficient (Wildman–Crippen LogP) is 2.30. The maximum absolute atomic E-state index is 5.53. The van der Waals surface area contributed by atoms with E-state index in [2.05, 4.69) is 32.8 Å². The number of anilines is 1. The molecule has 0 fully saturated rings. The molecule has 6 heteroatoms. The van der Waals surface area contributed by atoms with Gasteiger partial charge in [-0.3, -0.25) is 0 Å². The van der Waals surface area contributed by atoms with E-state index in [1.54, 1.807) is 0 Å². The number of hydrogen-bond donors (Lipinski definition) is 1. The summed E-state index contributed by atoms with van der Waals surface area (Å²) in [5, 5.41) is 8.83. The van der Waals surface area contributed by atoms with Crippen molar-refractivity contribution in [2.75, 3.05) is 5.73 Å². The van der Waals surface area contributed by atoms with Crippen molar-refractivity contribution in [2.45, 2.75) is 6.61 Å². The lowest BCUT2D eigenvalue weighted by Gasteiger charge is -2.03. The van der Waals surface area contributed by atoms with Gasteiger partial charge in [0.1, 0.15) is 12.4 Å². The Morgan fingerprint density at radius 2 is 2.27 bits per heavy atom. The van der Waals surface area contributed by atoms with Gasteiger partial charge in [-0.15, -0.1) is 10.2 Å². The molecule has 2 N–H and O–H groups in total. The van der Waals surface area contributed by atoms with E-state index in [4.69, 9.17) is 10.5 Å². The number of halogens is 1. The SMILES string of the molecule is Nc1nnc(COc2cccc(I)c2)s1. The van der Waals surface area contributed by atoms with Crippen molar-refractivity contribution in [3.63, 3.8) is 0 Å². The zero-order valence-corrected chi connectivity index (χ0v) is 10.7. The van der Waals surface area contributed by atoms with E-state index in [-0.39, 0.29) is 0 Å². The van der Waals surface area contributed by atoms with E-state index in [0.29, 0.717) is 11.7 Å². The summed E-state index contributed by atoms with van der Waals surface area (Å²) < 4.78 is 6.67. The van der Waals surface area contributed by atoms with Gasteiger partial charge in [0.25, 0.3) is 0 Å². The van der Waals surface area contributed by atoms with Crippen LogP contribution in [0.3, 0.4) is 0 Å². The number of rotatable bonds is 3. The van der Waals surface area contributed by atoms with Crippen LogP contribution in [0.5, 0.6) is 5.75 Å². The van der Waals surface area contributed by atoms with Gasteiger partial charge in [-0.1, -0.05) is 17.4 Å². The van der Waals surface area contributed by atoms with E-state index in [1.165, 1.54) is 11.3 Å². The molecule has 2 aromatic rings. The summed E-state index contributed by atoms with van der Waals surface area (Å²) in [6, 6.07) is 7.83. The van der Waals surface area contributed by atoms with Crippen LogP contribution in [0.25, 0.3) is 0 Å². The second-order valence-corrected chi connectivity index (χ2v) is 5.12. The summed E-state index contributed by atoms with van der Waals surface area (Å²) in [5.41, 5.74) is 5.46. The van der Waals surface area contributed by atoms with Crippen LogP contribution in [0.1, 0.15) is 5.01 Å². The summed E-state index contributed by atoms with van der Waals surface area (Å²) in [6.45, 7) is 0.412. The number of nitrogens with zero attached hydrogens (tertiary/aromatic N) is 2. The van der Waals surface area contributed by atoms with Crippen molar-refractivity contribution in [2.24, 2.45) is 0 Å². The van der Waals surface area contributed by atoms with Crippen LogP contribution in [0, 0.1) is 3.57 Å². The van der Waals surface area contributed by atoms with Crippen molar-refractivity contribution in [1.29, 1.82) is 0 Å². The molecule has 1 aromatic heterocycles. The lowest BCUT2D eigenvalue weighted by Crippen LogP contribution is -1.94. The van der Waals surface area contributed by atoms with Crippen LogP contribution in [0.2, 0.25) is 0 Å². The van der Waals surface area contributed by atoms with Gasteiger partial charge in [-0.25, -0.2) is 0 Å². The van der Waals surface area contributed by atoms with Gasteiger partial charge in [0.15, 0.2) is 5.01 Å². The Balaban J connectivity index is 1.99. The highest BCUT2D eigenvalue weighted by atomic mass is 127. The van der Waals surface area contributed by atoms with Gasteiger partial charge >= 0.3 is 0 Å². The molecule has 0 aliphatic rings. The van der Waals surface area contributed by atoms with E-state index in [9.17, 15) is 0 Å². The minimum atomic E-state index is 0.412. The molecule has 0 saturated carbocycles. The highest BCUT2D eigenvalue weighted by molar-refractivity contribution is 14.1. The van der Waals surface area contributed by atoms with Gasteiger partial charge < -0.3 is 10.5 Å². The fraction of sp³-hybridized carbons (Fsp3) is 0.111. The van der Waals surface area contributed by atoms with Crippen LogP contribution in [0.4, 0.5) is 5.13 Å². The van der Waals surface area contributed by atoms with Gasteiger partial charge in [-0.05, 0) is 40.8 Å².